The van der Waals surface area contributed by atoms with Crippen molar-refractivity contribution in [2.75, 3.05) is 7.11 Å². The van der Waals surface area contributed by atoms with Gasteiger partial charge in [0.25, 0.3) is 0 Å². The van der Waals surface area contributed by atoms with E-state index < -0.39 is 0 Å². The van der Waals surface area contributed by atoms with Gasteiger partial charge in [0.15, 0.2) is 0 Å². The van der Waals surface area contributed by atoms with Gasteiger partial charge in [-0.3, -0.25) is 4.98 Å². The third-order valence-electron chi connectivity index (χ3n) is 3.60. The van der Waals surface area contributed by atoms with Crippen LogP contribution in [0.5, 0.6) is 5.75 Å². The van der Waals surface area contributed by atoms with Crippen molar-refractivity contribution < 1.29 is 10.6 Å². The minimum Gasteiger partial charge on any atom is -0.495 e. The lowest BCUT2D eigenvalue weighted by Crippen LogP contribution is -1.90. The molecule has 0 aliphatic rings. The fraction of sp³-hybridized carbons (Fsp3) is 0.235. The molecule has 3 nitrogen and oxygen atoms in total. The first kappa shape index (κ1) is 13.6. The molecule has 0 atom stereocenters. The SMILES string of the molecule is COc1ccc(-c2cc3[nH]c(C(C)C)cc3cc2F)nc1.[HH]. The minimum atomic E-state index is -0.269. The zero-order chi connectivity index (χ0) is 15.0. The first-order valence-corrected chi connectivity index (χ1v) is 6.91. The molecule has 0 bridgehead atoms. The van der Waals surface area contributed by atoms with E-state index in [1.54, 1.807) is 31.5 Å². The van der Waals surface area contributed by atoms with Gasteiger partial charge < -0.3 is 9.72 Å². The van der Waals surface area contributed by atoms with Crippen LogP contribution in [0.4, 0.5) is 4.39 Å². The van der Waals surface area contributed by atoms with Gasteiger partial charge in [0.1, 0.15) is 11.6 Å². The largest absolute Gasteiger partial charge is 0.495 e. The van der Waals surface area contributed by atoms with Crippen molar-refractivity contribution in [2.24, 2.45) is 0 Å². The van der Waals surface area contributed by atoms with Crippen LogP contribution in [-0.4, -0.2) is 17.1 Å². The summed E-state index contributed by atoms with van der Waals surface area (Å²) in [6.07, 6.45) is 1.59. The Morgan fingerprint density at radius 3 is 2.67 bits per heavy atom. The highest BCUT2D eigenvalue weighted by Gasteiger charge is 2.11. The molecule has 21 heavy (non-hydrogen) atoms. The molecule has 1 aromatic carbocycles. The van der Waals surface area contributed by atoms with Crippen LogP contribution in [0.25, 0.3) is 22.2 Å². The average Bonchev–Trinajstić information content (AvgIpc) is 2.89. The maximum Gasteiger partial charge on any atom is 0.137 e. The summed E-state index contributed by atoms with van der Waals surface area (Å²) >= 11 is 0. The number of fused-ring (bicyclic) bond motifs is 1. The van der Waals surface area contributed by atoms with Crippen LogP contribution in [0.1, 0.15) is 26.9 Å². The predicted octanol–water partition coefficient (Wildman–Crippen LogP) is 4.75. The van der Waals surface area contributed by atoms with E-state index in [0.29, 0.717) is 22.9 Å². The fourth-order valence-corrected chi connectivity index (χ4v) is 2.34. The Bertz CT molecular complexity index is 781. The van der Waals surface area contributed by atoms with Crippen molar-refractivity contribution in [3.63, 3.8) is 0 Å². The summed E-state index contributed by atoms with van der Waals surface area (Å²) in [5.41, 5.74) is 3.11. The molecule has 0 radical (unpaired) electrons. The molecule has 110 valence electrons. The van der Waals surface area contributed by atoms with Gasteiger partial charge in [0, 0.05) is 23.6 Å². The zero-order valence-electron chi connectivity index (χ0n) is 12.3. The molecule has 0 amide bonds. The van der Waals surface area contributed by atoms with E-state index in [1.807, 2.05) is 12.1 Å². The molecule has 4 heteroatoms. The molecule has 0 aliphatic carbocycles. The van der Waals surface area contributed by atoms with E-state index in [-0.39, 0.29) is 7.24 Å². The molecular formula is C17H19FN2O. The number of pyridine rings is 1. The summed E-state index contributed by atoms with van der Waals surface area (Å²) in [6, 6.07) is 8.90. The summed E-state index contributed by atoms with van der Waals surface area (Å²) in [6.45, 7) is 4.21. The second-order valence-electron chi connectivity index (χ2n) is 5.38. The quantitative estimate of drug-likeness (QED) is 0.754. The van der Waals surface area contributed by atoms with Crippen molar-refractivity contribution in [1.82, 2.24) is 9.97 Å². The first-order valence-electron chi connectivity index (χ1n) is 6.91. The summed E-state index contributed by atoms with van der Waals surface area (Å²) < 4.78 is 19.4. The number of benzene rings is 1. The highest BCUT2D eigenvalue weighted by atomic mass is 19.1. The third-order valence-corrected chi connectivity index (χ3v) is 3.60. The topological polar surface area (TPSA) is 37.9 Å². The standard InChI is InChI=1S/C17H17FN2O.H2/c1-10(2)16-7-11-6-14(18)13(8-17(11)20-16)15-5-4-12(21-3)9-19-15;/h4-10,20H,1-3H3;1H. The Hall–Kier alpha value is -2.36. The van der Waals surface area contributed by atoms with Crippen LogP contribution in [0.3, 0.4) is 0 Å². The molecular weight excluding hydrogens is 267 g/mol. The van der Waals surface area contributed by atoms with Crippen LogP contribution in [0, 0.1) is 5.82 Å². The summed E-state index contributed by atoms with van der Waals surface area (Å²) in [4.78, 5) is 7.59. The number of hydrogen-bond donors (Lipinski definition) is 1. The van der Waals surface area contributed by atoms with Crippen molar-refractivity contribution in [3.8, 4) is 17.0 Å². The van der Waals surface area contributed by atoms with E-state index in [4.69, 9.17) is 4.74 Å². The molecule has 2 heterocycles. The van der Waals surface area contributed by atoms with Crippen LogP contribution in [0.2, 0.25) is 0 Å². The van der Waals surface area contributed by atoms with Crippen molar-refractivity contribution in [1.29, 1.82) is 0 Å². The first-order chi connectivity index (χ1) is 10.1. The van der Waals surface area contributed by atoms with E-state index in [0.717, 1.165) is 16.6 Å². The lowest BCUT2D eigenvalue weighted by molar-refractivity contribution is 0.413. The molecule has 3 rings (SSSR count). The number of halogens is 1. The number of ether oxygens (including phenoxy) is 1. The molecule has 0 unspecified atom stereocenters. The summed E-state index contributed by atoms with van der Waals surface area (Å²) in [5, 5.41) is 0.883. The van der Waals surface area contributed by atoms with Gasteiger partial charge in [-0.25, -0.2) is 4.39 Å². The molecule has 0 saturated heterocycles. The van der Waals surface area contributed by atoms with Crippen LogP contribution in [0.15, 0.2) is 36.5 Å². The molecule has 3 aromatic rings. The second-order valence-corrected chi connectivity index (χ2v) is 5.38. The van der Waals surface area contributed by atoms with Gasteiger partial charge in [-0.2, -0.15) is 0 Å². The fourth-order valence-electron chi connectivity index (χ4n) is 2.34. The van der Waals surface area contributed by atoms with Crippen LogP contribution < -0.4 is 4.74 Å². The number of aromatic amines is 1. The average molecular weight is 286 g/mol. The summed E-state index contributed by atoms with van der Waals surface area (Å²) in [7, 11) is 1.58. The lowest BCUT2D eigenvalue weighted by atomic mass is 10.1. The van der Waals surface area contributed by atoms with E-state index >= 15 is 0 Å². The smallest absolute Gasteiger partial charge is 0.137 e. The maximum absolute atomic E-state index is 14.3. The number of H-pyrrole nitrogens is 1. The maximum atomic E-state index is 14.3. The predicted molar refractivity (Wildman–Crippen MR) is 84.2 cm³/mol. The number of nitrogens with one attached hydrogen (secondary N) is 1. The summed E-state index contributed by atoms with van der Waals surface area (Å²) in [5.74, 6) is 0.764. The number of hydrogen-bond acceptors (Lipinski definition) is 2. The van der Waals surface area contributed by atoms with Crippen LogP contribution in [-0.2, 0) is 0 Å². The van der Waals surface area contributed by atoms with E-state index in [9.17, 15) is 4.39 Å². The van der Waals surface area contributed by atoms with Crippen molar-refractivity contribution >= 4 is 10.9 Å². The third kappa shape index (κ3) is 2.49. The zero-order valence-corrected chi connectivity index (χ0v) is 12.3. The monoisotopic (exact) mass is 286 g/mol. The Morgan fingerprint density at radius 2 is 2.05 bits per heavy atom. The molecule has 1 N–H and O–H groups in total. The Labute approximate surface area is 124 Å². The highest BCUT2D eigenvalue weighted by molar-refractivity contribution is 5.85. The normalized spacial score (nSPS) is 11.3. The van der Waals surface area contributed by atoms with Crippen molar-refractivity contribution in [3.05, 3.63) is 48.0 Å². The van der Waals surface area contributed by atoms with E-state index in [2.05, 4.69) is 23.8 Å². The number of rotatable bonds is 3. The molecule has 0 fully saturated rings. The van der Waals surface area contributed by atoms with Gasteiger partial charge in [-0.1, -0.05) is 13.8 Å². The van der Waals surface area contributed by atoms with Gasteiger partial charge in [-0.15, -0.1) is 0 Å². The Kier molecular flexibility index (Phi) is 3.37. The number of methoxy groups -OCH3 is 1. The minimum absolute atomic E-state index is 0. The Morgan fingerprint density at radius 1 is 1.24 bits per heavy atom. The molecule has 0 aliphatic heterocycles. The number of aromatic nitrogens is 2. The van der Waals surface area contributed by atoms with Gasteiger partial charge >= 0.3 is 0 Å². The molecule has 2 aromatic heterocycles. The van der Waals surface area contributed by atoms with Crippen LogP contribution >= 0.6 is 0 Å². The lowest BCUT2D eigenvalue weighted by Gasteiger charge is -2.04. The Balaban J connectivity index is 0.00000176. The van der Waals surface area contributed by atoms with Crippen molar-refractivity contribution in [2.45, 2.75) is 19.8 Å². The molecule has 0 spiro atoms. The molecule has 0 saturated carbocycles. The van der Waals surface area contributed by atoms with Gasteiger partial charge in [0.2, 0.25) is 0 Å². The van der Waals surface area contributed by atoms with Gasteiger partial charge in [-0.05, 0) is 36.2 Å². The second kappa shape index (κ2) is 5.20. The van der Waals surface area contributed by atoms with Gasteiger partial charge in [0.05, 0.1) is 19.0 Å². The highest BCUT2D eigenvalue weighted by Crippen LogP contribution is 2.29. The van der Waals surface area contributed by atoms with E-state index in [1.165, 1.54) is 0 Å². The number of nitrogens with zero attached hydrogens (tertiary/aromatic N) is 1.